The quantitative estimate of drug-likeness (QED) is 0.743. The molecule has 2 aromatic rings. The third kappa shape index (κ3) is 4.61. The van der Waals surface area contributed by atoms with E-state index in [2.05, 4.69) is 27.9 Å². The van der Waals surface area contributed by atoms with Crippen molar-refractivity contribution in [1.29, 1.82) is 0 Å². The van der Waals surface area contributed by atoms with Gasteiger partial charge in [0.25, 0.3) is 5.91 Å². The summed E-state index contributed by atoms with van der Waals surface area (Å²) in [5.41, 5.74) is 2.98. The molecule has 5 heteroatoms. The molecule has 2 rings (SSSR count). The number of benzene rings is 2. The zero-order valence-electron chi connectivity index (χ0n) is 11.7. The monoisotopic (exact) mass is 415 g/mol. The van der Waals surface area contributed by atoms with Crippen LogP contribution in [0.3, 0.4) is 0 Å². The van der Waals surface area contributed by atoms with Crippen LogP contribution in [0, 0.1) is 17.4 Å². The Morgan fingerprint density at radius 3 is 2.52 bits per heavy atom. The van der Waals surface area contributed by atoms with E-state index in [0.717, 1.165) is 16.8 Å². The van der Waals surface area contributed by atoms with Gasteiger partial charge in [0.05, 0.1) is 0 Å². The van der Waals surface area contributed by atoms with Crippen molar-refractivity contribution in [3.8, 4) is 5.75 Å². The largest absolute Gasteiger partial charge is 0.484 e. The van der Waals surface area contributed by atoms with Crippen molar-refractivity contribution in [3.05, 3.63) is 56.1 Å². The Bertz CT molecular complexity index is 656. The smallest absolute Gasteiger partial charge is 0.262 e. The van der Waals surface area contributed by atoms with Gasteiger partial charge in [-0.15, -0.1) is 0 Å². The van der Waals surface area contributed by atoms with Gasteiger partial charge < -0.3 is 10.1 Å². The van der Waals surface area contributed by atoms with E-state index in [4.69, 9.17) is 16.3 Å². The first-order valence-corrected chi connectivity index (χ1v) is 7.86. The first-order chi connectivity index (χ1) is 9.95. The van der Waals surface area contributed by atoms with E-state index in [1.165, 1.54) is 3.57 Å². The number of nitrogens with one attached hydrogen (secondary N) is 1. The molecule has 0 aliphatic rings. The van der Waals surface area contributed by atoms with E-state index in [0.29, 0.717) is 10.8 Å². The molecule has 110 valence electrons. The Morgan fingerprint density at radius 2 is 1.86 bits per heavy atom. The first-order valence-electron chi connectivity index (χ1n) is 6.40. The van der Waals surface area contributed by atoms with Crippen LogP contribution in [0.4, 0.5) is 5.69 Å². The van der Waals surface area contributed by atoms with Gasteiger partial charge in [-0.1, -0.05) is 11.6 Å². The molecular weight excluding hydrogens is 401 g/mol. The maximum atomic E-state index is 11.9. The Labute approximate surface area is 142 Å². The van der Waals surface area contributed by atoms with Gasteiger partial charge in [-0.2, -0.15) is 0 Å². The highest BCUT2D eigenvalue weighted by molar-refractivity contribution is 14.1. The number of carbonyl (C=O) groups excluding carboxylic acids is 1. The average molecular weight is 416 g/mol. The number of amides is 1. The fraction of sp³-hybridized carbons (Fsp3) is 0.188. The van der Waals surface area contributed by atoms with Crippen LogP contribution in [-0.4, -0.2) is 12.5 Å². The highest BCUT2D eigenvalue weighted by Gasteiger charge is 2.08. The average Bonchev–Trinajstić information content (AvgIpc) is 2.44. The molecule has 0 saturated heterocycles. The molecule has 0 aliphatic heterocycles. The molecule has 0 atom stereocenters. The number of rotatable bonds is 4. The molecule has 3 nitrogen and oxygen atoms in total. The highest BCUT2D eigenvalue weighted by atomic mass is 127. The van der Waals surface area contributed by atoms with E-state index in [1.54, 1.807) is 24.3 Å². The molecule has 0 unspecified atom stereocenters. The predicted octanol–water partition coefficient (Wildman–Crippen LogP) is 4.58. The van der Waals surface area contributed by atoms with Crippen LogP contribution in [0.2, 0.25) is 5.02 Å². The topological polar surface area (TPSA) is 38.3 Å². The third-order valence-electron chi connectivity index (χ3n) is 2.96. The molecule has 1 amide bonds. The number of aryl methyl sites for hydroxylation is 2. The van der Waals surface area contributed by atoms with Crippen LogP contribution >= 0.6 is 34.2 Å². The summed E-state index contributed by atoms with van der Waals surface area (Å²) < 4.78 is 6.60. The van der Waals surface area contributed by atoms with Gasteiger partial charge in [0.2, 0.25) is 0 Å². The minimum absolute atomic E-state index is 0.0356. The SMILES string of the molecule is Cc1cc(NC(=O)COc2ccc(Cl)cc2)c(C)cc1I. The van der Waals surface area contributed by atoms with Crippen molar-refractivity contribution in [2.75, 3.05) is 11.9 Å². The lowest BCUT2D eigenvalue weighted by Gasteiger charge is -2.11. The van der Waals surface area contributed by atoms with Crippen LogP contribution in [0.25, 0.3) is 0 Å². The second-order valence-corrected chi connectivity index (χ2v) is 6.31. The standard InChI is InChI=1S/C16H15ClINO2/c1-10-8-15(11(2)7-14(10)18)19-16(20)9-21-13-5-3-12(17)4-6-13/h3-8H,9H2,1-2H3,(H,19,20). The molecule has 0 bridgehead atoms. The van der Waals surface area contributed by atoms with Crippen molar-refractivity contribution in [2.24, 2.45) is 0 Å². The second-order valence-electron chi connectivity index (χ2n) is 4.71. The Morgan fingerprint density at radius 1 is 1.19 bits per heavy atom. The molecule has 1 N–H and O–H groups in total. The van der Waals surface area contributed by atoms with Crippen LogP contribution < -0.4 is 10.1 Å². The lowest BCUT2D eigenvalue weighted by atomic mass is 10.1. The van der Waals surface area contributed by atoms with E-state index in [1.807, 2.05) is 26.0 Å². The molecule has 21 heavy (non-hydrogen) atoms. The summed E-state index contributed by atoms with van der Waals surface area (Å²) in [4.78, 5) is 11.9. The number of hydrogen-bond donors (Lipinski definition) is 1. The van der Waals surface area contributed by atoms with E-state index >= 15 is 0 Å². The van der Waals surface area contributed by atoms with Gasteiger partial charge in [-0.3, -0.25) is 4.79 Å². The predicted molar refractivity (Wildman–Crippen MR) is 94.2 cm³/mol. The summed E-state index contributed by atoms with van der Waals surface area (Å²) in [5.74, 6) is 0.429. The molecule has 0 aliphatic carbocycles. The molecule has 0 fully saturated rings. The summed E-state index contributed by atoms with van der Waals surface area (Å²) in [7, 11) is 0. The minimum atomic E-state index is -0.186. The third-order valence-corrected chi connectivity index (χ3v) is 4.38. The van der Waals surface area contributed by atoms with Crippen molar-refractivity contribution in [3.63, 3.8) is 0 Å². The molecule has 2 aromatic carbocycles. The van der Waals surface area contributed by atoms with Gasteiger partial charge in [0.15, 0.2) is 6.61 Å². The van der Waals surface area contributed by atoms with Crippen molar-refractivity contribution in [1.82, 2.24) is 0 Å². The Kier molecular flexibility index (Phi) is 5.47. The number of carbonyl (C=O) groups is 1. The Balaban J connectivity index is 1.96. The van der Waals surface area contributed by atoms with Crippen LogP contribution in [-0.2, 0) is 4.79 Å². The summed E-state index contributed by atoms with van der Waals surface area (Å²) in [5, 5.41) is 3.50. The molecule has 0 radical (unpaired) electrons. The molecule has 0 spiro atoms. The number of halogens is 2. The summed E-state index contributed by atoms with van der Waals surface area (Å²) in [6.45, 7) is 3.95. The van der Waals surface area contributed by atoms with Crippen molar-refractivity contribution in [2.45, 2.75) is 13.8 Å². The van der Waals surface area contributed by atoms with Gasteiger partial charge in [-0.05, 0) is 84.0 Å². The minimum Gasteiger partial charge on any atom is -0.484 e. The summed E-state index contributed by atoms with van der Waals surface area (Å²) in [6, 6.07) is 10.9. The molecule has 0 aromatic heterocycles. The Hall–Kier alpha value is -1.27. The number of hydrogen-bond acceptors (Lipinski definition) is 2. The second kappa shape index (κ2) is 7.13. The van der Waals surface area contributed by atoms with E-state index in [9.17, 15) is 4.79 Å². The zero-order chi connectivity index (χ0) is 15.4. The number of anilines is 1. The first kappa shape index (κ1) is 16.1. The molecule has 0 saturated carbocycles. The molecular formula is C16H15ClINO2. The van der Waals surface area contributed by atoms with Gasteiger partial charge in [0.1, 0.15) is 5.75 Å². The van der Waals surface area contributed by atoms with E-state index in [-0.39, 0.29) is 12.5 Å². The van der Waals surface area contributed by atoms with E-state index < -0.39 is 0 Å². The number of ether oxygens (including phenoxy) is 1. The van der Waals surface area contributed by atoms with Gasteiger partial charge >= 0.3 is 0 Å². The van der Waals surface area contributed by atoms with Crippen LogP contribution in [0.5, 0.6) is 5.75 Å². The summed E-state index contributed by atoms with van der Waals surface area (Å²) >= 11 is 8.07. The molecule has 0 heterocycles. The fourth-order valence-electron chi connectivity index (χ4n) is 1.78. The van der Waals surface area contributed by atoms with Crippen molar-refractivity contribution >= 4 is 45.8 Å². The normalized spacial score (nSPS) is 10.3. The van der Waals surface area contributed by atoms with Crippen LogP contribution in [0.15, 0.2) is 36.4 Å². The van der Waals surface area contributed by atoms with Gasteiger partial charge in [0, 0.05) is 14.3 Å². The van der Waals surface area contributed by atoms with Crippen molar-refractivity contribution < 1.29 is 9.53 Å². The van der Waals surface area contributed by atoms with Crippen LogP contribution in [0.1, 0.15) is 11.1 Å². The zero-order valence-corrected chi connectivity index (χ0v) is 14.7. The summed E-state index contributed by atoms with van der Waals surface area (Å²) in [6.07, 6.45) is 0. The van der Waals surface area contributed by atoms with Gasteiger partial charge in [-0.25, -0.2) is 0 Å². The maximum Gasteiger partial charge on any atom is 0.262 e. The highest BCUT2D eigenvalue weighted by Crippen LogP contribution is 2.22. The fourth-order valence-corrected chi connectivity index (χ4v) is 2.53. The lowest BCUT2D eigenvalue weighted by molar-refractivity contribution is -0.118. The lowest BCUT2D eigenvalue weighted by Crippen LogP contribution is -2.20. The maximum absolute atomic E-state index is 11.9.